The van der Waals surface area contributed by atoms with Crippen LogP contribution in [0.25, 0.3) is 6.08 Å². The molecule has 1 saturated heterocycles. The van der Waals surface area contributed by atoms with Gasteiger partial charge in [0.2, 0.25) is 0 Å². The van der Waals surface area contributed by atoms with Crippen LogP contribution in [0.1, 0.15) is 27.0 Å². The number of carboxylic acids is 1. The summed E-state index contributed by atoms with van der Waals surface area (Å²) in [6.45, 7) is 0.569. The maximum atomic E-state index is 12.8. The third kappa shape index (κ3) is 5.51. The topological polar surface area (TPSA) is 83.9 Å². The minimum atomic E-state index is -0.981. The largest absolute Gasteiger partial charge is 0.488 e. The summed E-state index contributed by atoms with van der Waals surface area (Å²) in [5.74, 6) is -0.721. The Kier molecular flexibility index (Phi) is 6.90. The number of benzene rings is 3. The Bertz CT molecular complexity index is 1200. The number of para-hydroxylation sites is 1. The monoisotopic (exact) mass is 459 g/mol. The summed E-state index contributed by atoms with van der Waals surface area (Å²) in [6.07, 6.45) is 2.28. The van der Waals surface area contributed by atoms with Crippen molar-refractivity contribution in [3.63, 3.8) is 0 Å². The van der Waals surface area contributed by atoms with Crippen LogP contribution in [-0.4, -0.2) is 33.7 Å². The summed E-state index contributed by atoms with van der Waals surface area (Å²) in [5.41, 5.74) is 2.78. The van der Waals surface area contributed by atoms with E-state index in [0.717, 1.165) is 22.9 Å². The summed E-state index contributed by atoms with van der Waals surface area (Å²) in [4.78, 5) is 37.9. The lowest BCUT2D eigenvalue weighted by molar-refractivity contribution is -0.122. The quantitative estimate of drug-likeness (QED) is 0.464. The molecule has 1 aliphatic rings. The number of hydrogen-bond donors (Lipinski definition) is 1. The Morgan fingerprint density at radius 1 is 0.909 bits per heavy atom. The van der Waals surface area contributed by atoms with Gasteiger partial charge in [-0.2, -0.15) is 0 Å². The van der Waals surface area contributed by atoms with Crippen molar-refractivity contribution in [3.8, 4) is 5.75 Å². The molecule has 4 rings (SSSR count). The van der Waals surface area contributed by atoms with E-state index in [9.17, 15) is 14.4 Å². The second kappa shape index (κ2) is 10.2. The van der Waals surface area contributed by atoms with Gasteiger partial charge in [0.25, 0.3) is 11.1 Å². The Balaban J connectivity index is 1.45. The number of nitrogens with zero attached hydrogens (tertiary/aromatic N) is 1. The summed E-state index contributed by atoms with van der Waals surface area (Å²) < 4.78 is 5.92. The summed E-state index contributed by atoms with van der Waals surface area (Å²) in [5, 5.41) is 8.73. The molecule has 33 heavy (non-hydrogen) atoms. The first-order valence-corrected chi connectivity index (χ1v) is 11.2. The van der Waals surface area contributed by atoms with Gasteiger partial charge < -0.3 is 9.84 Å². The van der Waals surface area contributed by atoms with Gasteiger partial charge in [0.1, 0.15) is 12.4 Å². The predicted octanol–water partition coefficient (Wildman–Crippen LogP) is 5.24. The molecule has 1 fully saturated rings. The molecule has 166 valence electrons. The van der Waals surface area contributed by atoms with E-state index < -0.39 is 5.97 Å². The molecule has 0 aliphatic carbocycles. The Morgan fingerprint density at radius 3 is 2.33 bits per heavy atom. The van der Waals surface area contributed by atoms with E-state index >= 15 is 0 Å². The number of carboxylic acid groups (broad SMARTS) is 1. The van der Waals surface area contributed by atoms with Crippen LogP contribution in [0.2, 0.25) is 0 Å². The number of carbonyl (C=O) groups is 3. The number of aromatic carboxylic acids is 1. The van der Waals surface area contributed by atoms with Crippen LogP contribution < -0.4 is 4.74 Å². The number of carbonyl (C=O) groups excluding carboxylic acids is 2. The standard InChI is InChI=1S/C26H21NO5S/c28-24-23(33-26(31)27(24)15-14-18-6-2-1-3-7-18)16-21-8-4-5-9-22(21)32-17-19-10-12-20(13-11-19)25(29)30/h1-13,16H,14-15,17H2,(H,29,30)/b23-16-. The normalized spacial score (nSPS) is 14.7. The van der Waals surface area contributed by atoms with E-state index in [0.29, 0.717) is 29.2 Å². The van der Waals surface area contributed by atoms with Crippen LogP contribution in [0.15, 0.2) is 83.8 Å². The first-order chi connectivity index (χ1) is 16.0. The summed E-state index contributed by atoms with van der Waals surface area (Å²) >= 11 is 0.927. The fraction of sp³-hybridized carbons (Fsp3) is 0.115. The molecule has 0 aromatic heterocycles. The lowest BCUT2D eigenvalue weighted by Gasteiger charge is -2.12. The molecule has 0 unspecified atom stereocenters. The van der Waals surface area contributed by atoms with Crippen molar-refractivity contribution in [2.45, 2.75) is 13.0 Å². The minimum Gasteiger partial charge on any atom is -0.488 e. The second-order valence-electron chi connectivity index (χ2n) is 7.40. The van der Waals surface area contributed by atoms with Gasteiger partial charge in [-0.05, 0) is 53.6 Å². The van der Waals surface area contributed by atoms with Crippen molar-refractivity contribution in [2.24, 2.45) is 0 Å². The molecule has 6 nitrogen and oxygen atoms in total. The molecular formula is C26H21NO5S. The van der Waals surface area contributed by atoms with E-state index in [4.69, 9.17) is 9.84 Å². The first-order valence-electron chi connectivity index (χ1n) is 10.3. The smallest absolute Gasteiger partial charge is 0.335 e. The van der Waals surface area contributed by atoms with Gasteiger partial charge in [-0.3, -0.25) is 14.5 Å². The van der Waals surface area contributed by atoms with Crippen LogP contribution in [0.3, 0.4) is 0 Å². The number of rotatable bonds is 8. The maximum Gasteiger partial charge on any atom is 0.335 e. The van der Waals surface area contributed by atoms with Crippen LogP contribution in [0.5, 0.6) is 5.75 Å². The van der Waals surface area contributed by atoms with Crippen LogP contribution >= 0.6 is 11.8 Å². The lowest BCUT2D eigenvalue weighted by atomic mass is 10.1. The van der Waals surface area contributed by atoms with Crippen molar-refractivity contribution in [1.29, 1.82) is 0 Å². The summed E-state index contributed by atoms with van der Waals surface area (Å²) in [7, 11) is 0. The highest BCUT2D eigenvalue weighted by Gasteiger charge is 2.34. The predicted molar refractivity (Wildman–Crippen MR) is 127 cm³/mol. The van der Waals surface area contributed by atoms with E-state index in [1.807, 2.05) is 48.5 Å². The van der Waals surface area contributed by atoms with Gasteiger partial charge >= 0.3 is 5.97 Å². The third-order valence-corrected chi connectivity index (χ3v) is 6.05. The molecule has 1 heterocycles. The number of thioether (sulfide) groups is 1. The van der Waals surface area contributed by atoms with E-state index in [-0.39, 0.29) is 23.3 Å². The molecule has 0 atom stereocenters. The molecule has 0 spiro atoms. The molecule has 1 N–H and O–H groups in total. The number of hydrogen-bond acceptors (Lipinski definition) is 5. The average molecular weight is 460 g/mol. The van der Waals surface area contributed by atoms with Gasteiger partial charge in [-0.25, -0.2) is 4.79 Å². The molecule has 0 bridgehead atoms. The Labute approximate surface area is 195 Å². The highest BCUT2D eigenvalue weighted by molar-refractivity contribution is 8.18. The van der Waals surface area contributed by atoms with Crippen molar-refractivity contribution in [1.82, 2.24) is 4.90 Å². The van der Waals surface area contributed by atoms with Gasteiger partial charge in [-0.1, -0.05) is 60.7 Å². The van der Waals surface area contributed by atoms with Crippen molar-refractivity contribution in [3.05, 3.63) is 106 Å². The fourth-order valence-electron chi connectivity index (χ4n) is 3.36. The van der Waals surface area contributed by atoms with Gasteiger partial charge in [0.15, 0.2) is 0 Å². The Morgan fingerprint density at radius 2 is 1.61 bits per heavy atom. The molecule has 3 aromatic carbocycles. The number of amides is 2. The lowest BCUT2D eigenvalue weighted by Crippen LogP contribution is -2.30. The summed E-state index contributed by atoms with van der Waals surface area (Å²) in [6, 6.07) is 23.4. The van der Waals surface area contributed by atoms with Crippen molar-refractivity contribution >= 4 is 35.0 Å². The molecule has 2 amide bonds. The maximum absolute atomic E-state index is 12.8. The molecular weight excluding hydrogens is 438 g/mol. The third-order valence-electron chi connectivity index (χ3n) is 5.14. The highest BCUT2D eigenvalue weighted by atomic mass is 32.2. The Hall–Kier alpha value is -3.84. The van der Waals surface area contributed by atoms with E-state index in [2.05, 4.69) is 0 Å². The number of ether oxygens (including phenoxy) is 1. The minimum absolute atomic E-state index is 0.210. The molecule has 3 aromatic rings. The average Bonchev–Trinajstić information content (AvgIpc) is 3.10. The van der Waals surface area contributed by atoms with Gasteiger partial charge in [0, 0.05) is 12.1 Å². The van der Waals surface area contributed by atoms with E-state index in [1.54, 1.807) is 24.3 Å². The van der Waals surface area contributed by atoms with E-state index in [1.165, 1.54) is 17.0 Å². The highest BCUT2D eigenvalue weighted by Crippen LogP contribution is 2.34. The van der Waals surface area contributed by atoms with Crippen molar-refractivity contribution in [2.75, 3.05) is 6.54 Å². The number of imide groups is 1. The van der Waals surface area contributed by atoms with Crippen LogP contribution in [0.4, 0.5) is 4.79 Å². The first kappa shape index (κ1) is 22.4. The zero-order chi connectivity index (χ0) is 23.2. The van der Waals surface area contributed by atoms with Gasteiger partial charge in [0.05, 0.1) is 10.5 Å². The molecule has 7 heteroatoms. The van der Waals surface area contributed by atoms with Gasteiger partial charge in [-0.15, -0.1) is 0 Å². The molecule has 1 aliphatic heterocycles. The SMILES string of the molecule is O=C(O)c1ccc(COc2ccccc2/C=C2\SC(=O)N(CCc3ccccc3)C2=O)cc1. The fourth-order valence-corrected chi connectivity index (χ4v) is 4.21. The zero-order valence-corrected chi connectivity index (χ0v) is 18.5. The molecule has 0 saturated carbocycles. The van der Waals surface area contributed by atoms with Crippen molar-refractivity contribution < 1.29 is 24.2 Å². The zero-order valence-electron chi connectivity index (χ0n) is 17.6. The van der Waals surface area contributed by atoms with Crippen LogP contribution in [-0.2, 0) is 17.8 Å². The van der Waals surface area contributed by atoms with Crippen LogP contribution in [0, 0.1) is 0 Å². The second-order valence-corrected chi connectivity index (χ2v) is 8.39. The molecule has 0 radical (unpaired) electrons.